The second-order valence-electron chi connectivity index (χ2n) is 8.55. The number of likely N-dealkylation sites (tertiary alicyclic amines) is 1. The van der Waals surface area contributed by atoms with Crippen molar-refractivity contribution in [1.82, 2.24) is 10.2 Å². The zero-order valence-electron chi connectivity index (χ0n) is 17.9. The van der Waals surface area contributed by atoms with Gasteiger partial charge in [-0.15, -0.1) is 4.40 Å². The molecular weight excluding hydrogens is 386 g/mol. The smallest absolute Gasteiger partial charge is 0.285 e. The van der Waals surface area contributed by atoms with Crippen molar-refractivity contribution in [1.29, 1.82) is 0 Å². The largest absolute Gasteiger partial charge is 0.356 e. The number of rotatable bonds is 4. The Morgan fingerprint density at radius 1 is 1.10 bits per heavy atom. The van der Waals surface area contributed by atoms with E-state index in [0.29, 0.717) is 53.7 Å². The normalized spacial score (nSPS) is 19.8. The number of hydrogen-bond acceptors (Lipinski definition) is 4. The summed E-state index contributed by atoms with van der Waals surface area (Å²) in [5.41, 5.74) is 2.54. The summed E-state index contributed by atoms with van der Waals surface area (Å²) in [6.45, 7) is 11.2. The molecule has 0 aromatic heterocycles. The summed E-state index contributed by atoms with van der Waals surface area (Å²) in [6.07, 6.45) is 1.40. The zero-order chi connectivity index (χ0) is 21.3. The van der Waals surface area contributed by atoms with Crippen LogP contribution in [-0.4, -0.2) is 44.2 Å². The summed E-state index contributed by atoms with van der Waals surface area (Å²) in [7, 11) is -3.72. The molecule has 1 amide bonds. The predicted molar refractivity (Wildman–Crippen MR) is 117 cm³/mol. The van der Waals surface area contributed by atoms with Crippen LogP contribution < -0.4 is 5.32 Å². The molecule has 1 aromatic carbocycles. The van der Waals surface area contributed by atoms with Crippen molar-refractivity contribution in [2.45, 2.75) is 59.4 Å². The molecule has 1 aromatic rings. The lowest BCUT2D eigenvalue weighted by Crippen LogP contribution is -2.44. The van der Waals surface area contributed by atoms with Crippen molar-refractivity contribution in [3.63, 3.8) is 0 Å². The van der Waals surface area contributed by atoms with Crippen LogP contribution in [0.2, 0.25) is 0 Å². The molecule has 2 aliphatic rings. The Labute approximate surface area is 174 Å². The lowest BCUT2D eigenvalue weighted by atomic mass is 9.95. The second-order valence-corrected chi connectivity index (χ2v) is 10.1. The fraction of sp³-hybridized carbons (Fsp3) is 0.545. The molecule has 0 unspecified atom stereocenters. The van der Waals surface area contributed by atoms with Gasteiger partial charge in [0.2, 0.25) is 5.91 Å². The predicted octanol–water partition coefficient (Wildman–Crippen LogP) is 3.52. The minimum Gasteiger partial charge on any atom is -0.356 e. The molecular formula is C22H31N3O3S. The third kappa shape index (κ3) is 4.55. The first-order chi connectivity index (χ1) is 13.6. The van der Waals surface area contributed by atoms with Gasteiger partial charge in [-0.1, -0.05) is 38.1 Å². The molecule has 158 valence electrons. The molecule has 1 fully saturated rings. The van der Waals surface area contributed by atoms with Crippen LogP contribution in [0.3, 0.4) is 0 Å². The van der Waals surface area contributed by atoms with Gasteiger partial charge in [0.1, 0.15) is 10.7 Å². The van der Waals surface area contributed by atoms with Crippen molar-refractivity contribution in [2.24, 2.45) is 10.3 Å². The third-order valence-corrected chi connectivity index (χ3v) is 7.05. The van der Waals surface area contributed by atoms with E-state index < -0.39 is 10.0 Å². The summed E-state index contributed by atoms with van der Waals surface area (Å²) in [5, 5.41) is 2.97. The van der Waals surface area contributed by atoms with E-state index >= 15 is 0 Å². The number of benzene rings is 1. The summed E-state index contributed by atoms with van der Waals surface area (Å²) < 4.78 is 29.7. The third-order valence-electron chi connectivity index (χ3n) is 5.58. The Morgan fingerprint density at radius 3 is 2.21 bits per heavy atom. The fourth-order valence-electron chi connectivity index (χ4n) is 3.96. The van der Waals surface area contributed by atoms with Crippen LogP contribution in [0.1, 0.15) is 64.5 Å². The maximum Gasteiger partial charge on any atom is 0.285 e. The van der Waals surface area contributed by atoms with E-state index in [2.05, 4.69) is 23.6 Å². The lowest BCUT2D eigenvalue weighted by molar-refractivity contribution is -0.126. The van der Waals surface area contributed by atoms with Gasteiger partial charge in [-0.2, -0.15) is 8.42 Å². The highest BCUT2D eigenvalue weighted by molar-refractivity contribution is 8.00. The van der Waals surface area contributed by atoms with Gasteiger partial charge in [0.25, 0.3) is 10.0 Å². The van der Waals surface area contributed by atoms with E-state index in [1.54, 1.807) is 0 Å². The van der Waals surface area contributed by atoms with E-state index in [-0.39, 0.29) is 17.9 Å². The first-order valence-corrected chi connectivity index (χ1v) is 11.8. The molecule has 0 radical (unpaired) electrons. The highest BCUT2D eigenvalue weighted by Gasteiger charge is 2.35. The minimum absolute atomic E-state index is 0.0282. The van der Waals surface area contributed by atoms with Crippen molar-refractivity contribution >= 4 is 26.7 Å². The summed E-state index contributed by atoms with van der Waals surface area (Å²) in [6, 6.07) is 7.82. The Morgan fingerprint density at radius 2 is 1.69 bits per heavy atom. The Kier molecular flexibility index (Phi) is 6.17. The first kappa shape index (κ1) is 21.6. The van der Waals surface area contributed by atoms with Gasteiger partial charge in [0.15, 0.2) is 0 Å². The van der Waals surface area contributed by atoms with Crippen LogP contribution in [0.5, 0.6) is 0 Å². The number of carbonyl (C=O) groups excluding carboxylic acids is 1. The molecule has 1 saturated heterocycles. The van der Waals surface area contributed by atoms with Gasteiger partial charge in [0, 0.05) is 30.6 Å². The SMILES string of the molecule is CC1=C(c2ccc(C(C)C)cc2)S(=O)(=O)N=C1N1CCC(C(=O)NC(C)C)CC1. The Hall–Kier alpha value is -2.15. The number of piperidine rings is 1. The van der Waals surface area contributed by atoms with Crippen LogP contribution in [0.15, 0.2) is 34.2 Å². The number of amides is 1. The van der Waals surface area contributed by atoms with E-state index in [4.69, 9.17) is 0 Å². The number of nitrogens with zero attached hydrogens (tertiary/aromatic N) is 2. The number of hydrogen-bond donors (Lipinski definition) is 1. The van der Waals surface area contributed by atoms with Gasteiger partial charge in [0.05, 0.1) is 0 Å². The first-order valence-electron chi connectivity index (χ1n) is 10.3. The highest BCUT2D eigenvalue weighted by Crippen LogP contribution is 2.35. The lowest BCUT2D eigenvalue weighted by Gasteiger charge is -2.33. The fourth-order valence-corrected chi connectivity index (χ4v) is 5.44. The molecule has 0 saturated carbocycles. The molecule has 2 aliphatic heterocycles. The van der Waals surface area contributed by atoms with Gasteiger partial charge < -0.3 is 10.2 Å². The Balaban J connectivity index is 1.79. The quantitative estimate of drug-likeness (QED) is 0.813. The van der Waals surface area contributed by atoms with Crippen molar-refractivity contribution < 1.29 is 13.2 Å². The van der Waals surface area contributed by atoms with Crippen LogP contribution in [0, 0.1) is 5.92 Å². The molecule has 0 bridgehead atoms. The summed E-state index contributed by atoms with van der Waals surface area (Å²) in [4.78, 5) is 14.5. The van der Waals surface area contributed by atoms with Crippen molar-refractivity contribution in [3.05, 3.63) is 41.0 Å². The molecule has 0 atom stereocenters. The van der Waals surface area contributed by atoms with Gasteiger partial charge >= 0.3 is 0 Å². The topological polar surface area (TPSA) is 78.8 Å². The highest BCUT2D eigenvalue weighted by atomic mass is 32.2. The van der Waals surface area contributed by atoms with E-state index in [1.165, 1.54) is 5.56 Å². The van der Waals surface area contributed by atoms with Crippen LogP contribution in [-0.2, 0) is 14.8 Å². The maximum atomic E-state index is 12.8. The second kappa shape index (κ2) is 8.30. The monoisotopic (exact) mass is 417 g/mol. The number of carbonyl (C=O) groups is 1. The molecule has 0 spiro atoms. The summed E-state index contributed by atoms with van der Waals surface area (Å²) >= 11 is 0. The standard InChI is InChI=1S/C22H31N3O3S/c1-14(2)17-6-8-18(9-7-17)20-16(5)21(24-29(20,27)28)25-12-10-19(11-13-25)22(26)23-15(3)4/h6-9,14-15,19H,10-13H2,1-5H3,(H,23,26). The minimum atomic E-state index is -3.72. The van der Waals surface area contributed by atoms with E-state index in [9.17, 15) is 13.2 Å². The molecule has 0 aliphatic carbocycles. The molecule has 1 N–H and O–H groups in total. The van der Waals surface area contributed by atoms with Gasteiger partial charge in [-0.25, -0.2) is 0 Å². The average Bonchev–Trinajstić information content (AvgIpc) is 2.90. The molecule has 3 rings (SSSR count). The molecule has 29 heavy (non-hydrogen) atoms. The maximum absolute atomic E-state index is 12.8. The van der Waals surface area contributed by atoms with E-state index in [0.717, 1.165) is 0 Å². The number of amidine groups is 1. The molecule has 6 nitrogen and oxygen atoms in total. The van der Waals surface area contributed by atoms with Gasteiger partial charge in [-0.3, -0.25) is 4.79 Å². The number of nitrogens with one attached hydrogen (secondary N) is 1. The van der Waals surface area contributed by atoms with Crippen molar-refractivity contribution in [2.75, 3.05) is 13.1 Å². The van der Waals surface area contributed by atoms with Crippen LogP contribution >= 0.6 is 0 Å². The van der Waals surface area contributed by atoms with Crippen LogP contribution in [0.25, 0.3) is 4.91 Å². The average molecular weight is 418 g/mol. The number of sulfonamides is 1. The van der Waals surface area contributed by atoms with Crippen LogP contribution in [0.4, 0.5) is 0 Å². The Bertz CT molecular complexity index is 936. The van der Waals surface area contributed by atoms with Gasteiger partial charge in [-0.05, 0) is 50.7 Å². The van der Waals surface area contributed by atoms with E-state index in [1.807, 2.05) is 49.9 Å². The molecule has 7 heteroatoms. The zero-order valence-corrected chi connectivity index (χ0v) is 18.7. The van der Waals surface area contributed by atoms with Crippen molar-refractivity contribution in [3.8, 4) is 0 Å². The summed E-state index contributed by atoms with van der Waals surface area (Å²) in [5.74, 6) is 0.967. The molecule has 2 heterocycles.